The van der Waals surface area contributed by atoms with Crippen molar-refractivity contribution < 1.29 is 9.13 Å². The molecule has 3 nitrogen and oxygen atoms in total. The second-order valence-corrected chi connectivity index (χ2v) is 5.71. The number of ether oxygens (including phenoxy) is 1. The van der Waals surface area contributed by atoms with E-state index in [1.165, 1.54) is 25.0 Å². The lowest BCUT2D eigenvalue weighted by Gasteiger charge is -2.26. The molecule has 1 saturated heterocycles. The van der Waals surface area contributed by atoms with Crippen LogP contribution in [0.25, 0.3) is 0 Å². The molecule has 2 atom stereocenters. The molecule has 0 aromatic heterocycles. The van der Waals surface area contributed by atoms with Crippen LogP contribution in [0, 0.1) is 5.82 Å². The van der Waals surface area contributed by atoms with Gasteiger partial charge in [-0.25, -0.2) is 4.39 Å². The van der Waals surface area contributed by atoms with E-state index in [2.05, 4.69) is 17.1 Å². The summed E-state index contributed by atoms with van der Waals surface area (Å²) in [7, 11) is 1.96. The Hall–Kier alpha value is -0.970. The predicted octanol–water partition coefficient (Wildman–Crippen LogP) is 2.98. The smallest absolute Gasteiger partial charge is 0.123 e. The predicted molar refractivity (Wildman–Crippen MR) is 83.9 cm³/mol. The Balaban J connectivity index is 1.84. The Morgan fingerprint density at radius 3 is 2.71 bits per heavy atom. The van der Waals surface area contributed by atoms with Gasteiger partial charge in [-0.15, -0.1) is 0 Å². The van der Waals surface area contributed by atoms with E-state index in [1.807, 2.05) is 19.2 Å². The first-order valence-electron chi connectivity index (χ1n) is 7.99. The molecule has 1 heterocycles. The number of halogens is 1. The highest BCUT2D eigenvalue weighted by Crippen LogP contribution is 2.18. The maximum atomic E-state index is 13.0. The zero-order chi connectivity index (χ0) is 15.1. The van der Waals surface area contributed by atoms with Gasteiger partial charge in [-0.05, 0) is 50.6 Å². The normalized spacial score (nSPS) is 20.1. The minimum Gasteiger partial charge on any atom is -0.377 e. The van der Waals surface area contributed by atoms with Crippen LogP contribution in [0.2, 0.25) is 0 Å². The Morgan fingerprint density at radius 2 is 2.14 bits per heavy atom. The first-order valence-corrected chi connectivity index (χ1v) is 7.99. The quantitative estimate of drug-likeness (QED) is 0.798. The summed E-state index contributed by atoms with van der Waals surface area (Å²) in [6.45, 7) is 6.20. The van der Waals surface area contributed by atoms with Gasteiger partial charge in [-0.3, -0.25) is 0 Å². The molecule has 1 aromatic rings. The van der Waals surface area contributed by atoms with E-state index < -0.39 is 0 Å². The van der Waals surface area contributed by atoms with E-state index in [1.54, 1.807) is 0 Å². The minimum atomic E-state index is -0.179. The van der Waals surface area contributed by atoms with Crippen LogP contribution >= 0.6 is 0 Å². The van der Waals surface area contributed by atoms with Gasteiger partial charge >= 0.3 is 0 Å². The summed E-state index contributed by atoms with van der Waals surface area (Å²) in [5, 5.41) is 3.33. The van der Waals surface area contributed by atoms with Gasteiger partial charge in [-0.2, -0.15) is 0 Å². The molecule has 21 heavy (non-hydrogen) atoms. The van der Waals surface area contributed by atoms with Crippen LogP contribution in [0.5, 0.6) is 0 Å². The van der Waals surface area contributed by atoms with Crippen LogP contribution in [-0.2, 0) is 4.74 Å². The zero-order valence-electron chi connectivity index (χ0n) is 13.1. The Kier molecular flexibility index (Phi) is 6.61. The molecule has 1 aliphatic heterocycles. The molecule has 118 valence electrons. The first-order chi connectivity index (χ1) is 10.2. The highest BCUT2D eigenvalue weighted by molar-refractivity contribution is 5.19. The van der Waals surface area contributed by atoms with Crippen molar-refractivity contribution in [3.8, 4) is 0 Å². The summed E-state index contributed by atoms with van der Waals surface area (Å²) in [5.41, 5.74) is 1.15. The molecular formula is C17H27FN2O. The van der Waals surface area contributed by atoms with E-state index in [0.29, 0.717) is 6.10 Å². The van der Waals surface area contributed by atoms with Crippen LogP contribution in [-0.4, -0.2) is 44.3 Å². The molecular weight excluding hydrogens is 267 g/mol. The topological polar surface area (TPSA) is 24.5 Å². The van der Waals surface area contributed by atoms with E-state index in [-0.39, 0.29) is 11.9 Å². The molecule has 2 rings (SSSR count). The Labute approximate surface area is 127 Å². The monoisotopic (exact) mass is 294 g/mol. The fourth-order valence-electron chi connectivity index (χ4n) is 2.94. The summed E-state index contributed by atoms with van der Waals surface area (Å²) in [6, 6.07) is 7.07. The molecule has 0 bridgehead atoms. The SMILES string of the molecule is CCN(CCC(NC)c1ccc(F)cc1)CC1CCCO1. The highest BCUT2D eigenvalue weighted by Gasteiger charge is 2.19. The number of hydrogen-bond acceptors (Lipinski definition) is 3. The van der Waals surface area contributed by atoms with Gasteiger partial charge in [0, 0.05) is 25.7 Å². The number of hydrogen-bond donors (Lipinski definition) is 1. The van der Waals surface area contributed by atoms with Crippen molar-refractivity contribution in [1.82, 2.24) is 10.2 Å². The third-order valence-corrected chi connectivity index (χ3v) is 4.29. The van der Waals surface area contributed by atoms with Crippen molar-refractivity contribution in [2.45, 2.75) is 38.3 Å². The molecule has 0 spiro atoms. The summed E-state index contributed by atoms with van der Waals surface area (Å²) in [5.74, 6) is -0.179. The first kappa shape index (κ1) is 16.4. The molecule has 0 saturated carbocycles. The van der Waals surface area contributed by atoms with Crippen molar-refractivity contribution in [2.75, 3.05) is 33.3 Å². The third kappa shape index (κ3) is 5.06. The molecule has 0 aliphatic carbocycles. The summed E-state index contributed by atoms with van der Waals surface area (Å²) in [6.07, 6.45) is 3.80. The zero-order valence-corrected chi connectivity index (χ0v) is 13.1. The molecule has 2 unspecified atom stereocenters. The van der Waals surface area contributed by atoms with Gasteiger partial charge in [0.2, 0.25) is 0 Å². The molecule has 4 heteroatoms. The Morgan fingerprint density at radius 1 is 1.38 bits per heavy atom. The maximum Gasteiger partial charge on any atom is 0.123 e. The highest BCUT2D eigenvalue weighted by atomic mass is 19.1. The Bertz CT molecular complexity index is 404. The average Bonchev–Trinajstić information content (AvgIpc) is 3.01. The summed E-state index contributed by atoms with van der Waals surface area (Å²) >= 11 is 0. The van der Waals surface area contributed by atoms with Crippen molar-refractivity contribution in [1.29, 1.82) is 0 Å². The van der Waals surface area contributed by atoms with Gasteiger partial charge in [0.1, 0.15) is 5.82 Å². The van der Waals surface area contributed by atoms with Gasteiger partial charge in [-0.1, -0.05) is 19.1 Å². The van der Waals surface area contributed by atoms with Gasteiger partial charge in [0.15, 0.2) is 0 Å². The van der Waals surface area contributed by atoms with Crippen molar-refractivity contribution in [2.24, 2.45) is 0 Å². The molecule has 1 aromatic carbocycles. The minimum absolute atomic E-state index is 0.179. The molecule has 0 amide bonds. The summed E-state index contributed by atoms with van der Waals surface area (Å²) in [4.78, 5) is 2.45. The number of nitrogens with zero attached hydrogens (tertiary/aromatic N) is 1. The van der Waals surface area contributed by atoms with Crippen LogP contribution in [0.15, 0.2) is 24.3 Å². The lowest BCUT2D eigenvalue weighted by Crippen LogP contribution is -2.34. The molecule has 1 fully saturated rings. The number of nitrogens with one attached hydrogen (secondary N) is 1. The fraction of sp³-hybridized carbons (Fsp3) is 0.647. The third-order valence-electron chi connectivity index (χ3n) is 4.29. The number of rotatable bonds is 8. The average molecular weight is 294 g/mol. The van der Waals surface area contributed by atoms with Crippen LogP contribution in [0.1, 0.15) is 37.8 Å². The molecule has 1 aliphatic rings. The van der Waals surface area contributed by atoms with Gasteiger partial charge in [0.05, 0.1) is 6.10 Å². The van der Waals surface area contributed by atoms with Gasteiger partial charge in [0.25, 0.3) is 0 Å². The van der Waals surface area contributed by atoms with Crippen molar-refractivity contribution >= 4 is 0 Å². The van der Waals surface area contributed by atoms with E-state index in [4.69, 9.17) is 4.74 Å². The van der Waals surface area contributed by atoms with Crippen molar-refractivity contribution in [3.05, 3.63) is 35.6 Å². The molecule has 0 radical (unpaired) electrons. The number of benzene rings is 1. The molecule has 1 N–H and O–H groups in total. The second kappa shape index (κ2) is 8.47. The van der Waals surface area contributed by atoms with E-state index in [9.17, 15) is 4.39 Å². The van der Waals surface area contributed by atoms with Crippen LogP contribution in [0.3, 0.4) is 0 Å². The van der Waals surface area contributed by atoms with Crippen LogP contribution < -0.4 is 5.32 Å². The van der Waals surface area contributed by atoms with Crippen LogP contribution in [0.4, 0.5) is 4.39 Å². The fourth-order valence-corrected chi connectivity index (χ4v) is 2.94. The lowest BCUT2D eigenvalue weighted by atomic mass is 10.0. The van der Waals surface area contributed by atoms with Crippen molar-refractivity contribution in [3.63, 3.8) is 0 Å². The van der Waals surface area contributed by atoms with E-state index >= 15 is 0 Å². The van der Waals surface area contributed by atoms with E-state index in [0.717, 1.165) is 38.2 Å². The maximum absolute atomic E-state index is 13.0. The standard InChI is InChI=1S/C17H27FN2O/c1-3-20(13-16-5-4-12-21-16)11-10-17(19-2)14-6-8-15(18)9-7-14/h6-9,16-17,19H,3-5,10-13H2,1-2H3. The number of likely N-dealkylation sites (N-methyl/N-ethyl adjacent to an activating group) is 1. The summed E-state index contributed by atoms with van der Waals surface area (Å²) < 4.78 is 18.7. The van der Waals surface area contributed by atoms with Gasteiger partial charge < -0.3 is 15.0 Å². The second-order valence-electron chi connectivity index (χ2n) is 5.71. The largest absolute Gasteiger partial charge is 0.377 e. The lowest BCUT2D eigenvalue weighted by molar-refractivity contribution is 0.0735.